The van der Waals surface area contributed by atoms with E-state index < -0.39 is 62.6 Å². The van der Waals surface area contributed by atoms with Gasteiger partial charge in [0.2, 0.25) is 0 Å². The highest BCUT2D eigenvalue weighted by Gasteiger charge is 2.19. The highest BCUT2D eigenvalue weighted by Crippen LogP contribution is 1.97. The molecule has 0 bridgehead atoms. The Morgan fingerprint density at radius 1 is 0.594 bits per heavy atom. The SMILES string of the molecule is NNC(N)=S.O=C(O)CN(CCN(CC(=O)O)CC(=O)O)CCN(CC(=O)O)CC(=O)O. The Balaban J connectivity index is 0. The summed E-state index contributed by atoms with van der Waals surface area (Å²) in [5.74, 6) is -1.50. The number of carboxylic acids is 5. The first kappa shape index (κ1) is 31.1. The summed E-state index contributed by atoms with van der Waals surface area (Å²) < 4.78 is 0. The molecule has 16 nitrogen and oxygen atoms in total. The molecule has 0 rings (SSSR count). The zero-order valence-corrected chi connectivity index (χ0v) is 17.9. The molecular weight excluding hydrogens is 456 g/mol. The molecule has 0 heterocycles. The van der Waals surface area contributed by atoms with Gasteiger partial charge in [-0.05, 0) is 12.2 Å². The van der Waals surface area contributed by atoms with Crippen molar-refractivity contribution in [2.75, 3.05) is 58.9 Å². The van der Waals surface area contributed by atoms with Gasteiger partial charge in [0.05, 0.1) is 32.7 Å². The van der Waals surface area contributed by atoms with Gasteiger partial charge in [0, 0.05) is 26.2 Å². The molecule has 0 aliphatic carbocycles. The average Bonchev–Trinajstić information content (AvgIpc) is 2.61. The van der Waals surface area contributed by atoms with Crippen molar-refractivity contribution >= 4 is 47.2 Å². The molecule has 0 aromatic heterocycles. The summed E-state index contributed by atoms with van der Waals surface area (Å²) in [4.78, 5) is 57.6. The highest BCUT2D eigenvalue weighted by molar-refractivity contribution is 7.80. The number of nitrogens with two attached hydrogens (primary N) is 2. The Labute approximate surface area is 187 Å². The van der Waals surface area contributed by atoms with Crippen LogP contribution in [-0.2, 0) is 24.0 Å². The van der Waals surface area contributed by atoms with Crippen LogP contribution in [0.2, 0.25) is 0 Å². The van der Waals surface area contributed by atoms with Crippen LogP contribution in [-0.4, -0.2) is 134 Å². The quantitative estimate of drug-likeness (QED) is 0.0589. The predicted molar refractivity (Wildman–Crippen MR) is 112 cm³/mol. The second-order valence-corrected chi connectivity index (χ2v) is 6.61. The lowest BCUT2D eigenvalue weighted by atomic mass is 10.3. The Morgan fingerprint density at radius 2 is 0.781 bits per heavy atom. The Bertz CT molecular complexity index is 593. The molecule has 0 saturated heterocycles. The van der Waals surface area contributed by atoms with Crippen LogP contribution in [0.4, 0.5) is 0 Å². The van der Waals surface area contributed by atoms with E-state index >= 15 is 0 Å². The predicted octanol–water partition coefficient (Wildman–Crippen LogP) is -3.99. The van der Waals surface area contributed by atoms with Gasteiger partial charge in [0.15, 0.2) is 5.11 Å². The van der Waals surface area contributed by atoms with Crippen LogP contribution >= 0.6 is 12.2 Å². The molecule has 0 aliphatic heterocycles. The van der Waals surface area contributed by atoms with Crippen LogP contribution in [0.5, 0.6) is 0 Å². The number of aliphatic carboxylic acids is 5. The number of rotatable bonds is 16. The van der Waals surface area contributed by atoms with Crippen LogP contribution in [0.1, 0.15) is 0 Å². The molecule has 32 heavy (non-hydrogen) atoms. The van der Waals surface area contributed by atoms with Crippen molar-refractivity contribution in [3.8, 4) is 0 Å². The van der Waals surface area contributed by atoms with Gasteiger partial charge in [-0.3, -0.25) is 38.7 Å². The molecule has 184 valence electrons. The van der Waals surface area contributed by atoms with Gasteiger partial charge in [-0.1, -0.05) is 0 Å². The molecule has 0 aromatic rings. The second kappa shape index (κ2) is 17.5. The molecule has 0 atom stereocenters. The topological polar surface area (TPSA) is 260 Å². The summed E-state index contributed by atoms with van der Waals surface area (Å²) in [6, 6.07) is 0. The van der Waals surface area contributed by atoms with E-state index in [1.807, 2.05) is 5.43 Å². The first-order valence-electron chi connectivity index (χ1n) is 8.78. The van der Waals surface area contributed by atoms with E-state index in [9.17, 15) is 24.0 Å². The minimum atomic E-state index is -1.24. The standard InChI is InChI=1S/C14H23N3O10.CH5N3S/c18-10(19)5-15(1-3-16(6-11(20)21)7-12(22)23)2-4-17(8-13(24)25)9-14(26)27;2-1(5)4-3/h1-9H2,(H,18,19)(H,20,21)(H,22,23)(H,24,25)(H,26,27);3H2,(H3,2,4,5). The summed E-state index contributed by atoms with van der Waals surface area (Å²) in [6.07, 6.45) is 0. The number of hydrogen-bond donors (Lipinski definition) is 8. The number of thiocarbonyl (C=S) groups is 1. The number of hydrazine groups is 1. The highest BCUT2D eigenvalue weighted by atomic mass is 32.1. The maximum atomic E-state index is 11.0. The van der Waals surface area contributed by atoms with Crippen molar-refractivity contribution < 1.29 is 49.5 Å². The number of hydrogen-bond acceptors (Lipinski definition) is 10. The van der Waals surface area contributed by atoms with Crippen molar-refractivity contribution in [1.29, 1.82) is 0 Å². The summed E-state index contributed by atoms with van der Waals surface area (Å²) >= 11 is 4.24. The fourth-order valence-corrected chi connectivity index (χ4v) is 2.22. The molecule has 0 aliphatic rings. The summed E-state index contributed by atoms with van der Waals surface area (Å²) in [5, 5.41) is 44.2. The lowest BCUT2D eigenvalue weighted by Gasteiger charge is -2.27. The zero-order chi connectivity index (χ0) is 25.3. The first-order chi connectivity index (χ1) is 14.8. The van der Waals surface area contributed by atoms with E-state index in [0.717, 1.165) is 9.80 Å². The summed E-state index contributed by atoms with van der Waals surface area (Å²) in [6.45, 7) is -2.74. The lowest BCUT2D eigenvalue weighted by Crippen LogP contribution is -2.45. The van der Waals surface area contributed by atoms with Crippen molar-refractivity contribution in [3.05, 3.63) is 0 Å². The van der Waals surface area contributed by atoms with E-state index in [-0.39, 0.29) is 31.3 Å². The summed E-state index contributed by atoms with van der Waals surface area (Å²) in [5.41, 5.74) is 6.82. The number of carbonyl (C=O) groups is 5. The summed E-state index contributed by atoms with van der Waals surface area (Å²) in [7, 11) is 0. The van der Waals surface area contributed by atoms with Crippen LogP contribution in [0.3, 0.4) is 0 Å². The van der Waals surface area contributed by atoms with Gasteiger partial charge < -0.3 is 36.7 Å². The number of nitrogens with one attached hydrogen (secondary N) is 1. The minimum absolute atomic E-state index is 0.000836. The molecule has 0 aromatic carbocycles. The van der Waals surface area contributed by atoms with E-state index in [0.29, 0.717) is 0 Å². The van der Waals surface area contributed by atoms with Crippen molar-refractivity contribution in [1.82, 2.24) is 20.1 Å². The third kappa shape index (κ3) is 21.6. The molecule has 0 unspecified atom stereocenters. The van der Waals surface area contributed by atoms with E-state index in [2.05, 4.69) is 18.1 Å². The zero-order valence-electron chi connectivity index (χ0n) is 17.0. The van der Waals surface area contributed by atoms with Gasteiger partial charge in [-0.2, -0.15) is 0 Å². The lowest BCUT2D eigenvalue weighted by molar-refractivity contribution is -0.143. The van der Waals surface area contributed by atoms with E-state index in [1.165, 1.54) is 4.90 Å². The Hall–Kier alpha value is -3.12. The molecule has 0 fully saturated rings. The van der Waals surface area contributed by atoms with Gasteiger partial charge in [0.1, 0.15) is 0 Å². The third-order valence-corrected chi connectivity index (χ3v) is 3.52. The first-order valence-corrected chi connectivity index (χ1v) is 9.19. The molecule has 0 radical (unpaired) electrons. The molecule has 0 amide bonds. The van der Waals surface area contributed by atoms with Gasteiger partial charge >= 0.3 is 29.8 Å². The van der Waals surface area contributed by atoms with Gasteiger partial charge in [0.25, 0.3) is 0 Å². The number of nitrogens with zero attached hydrogens (tertiary/aromatic N) is 3. The Morgan fingerprint density at radius 3 is 0.969 bits per heavy atom. The minimum Gasteiger partial charge on any atom is -0.480 e. The van der Waals surface area contributed by atoms with E-state index in [4.69, 9.17) is 31.3 Å². The monoisotopic (exact) mass is 484 g/mol. The van der Waals surface area contributed by atoms with Crippen LogP contribution in [0.25, 0.3) is 0 Å². The molecule has 10 N–H and O–H groups in total. The maximum absolute atomic E-state index is 11.0. The van der Waals surface area contributed by atoms with Gasteiger partial charge in [-0.15, -0.1) is 0 Å². The Kier molecular flexibility index (Phi) is 17.0. The average molecular weight is 484 g/mol. The molecule has 0 saturated carbocycles. The van der Waals surface area contributed by atoms with Crippen LogP contribution in [0, 0.1) is 0 Å². The smallest absolute Gasteiger partial charge is 0.317 e. The second-order valence-electron chi connectivity index (χ2n) is 6.17. The third-order valence-electron chi connectivity index (χ3n) is 3.40. The molecule has 17 heteroatoms. The van der Waals surface area contributed by atoms with Crippen molar-refractivity contribution in [2.45, 2.75) is 0 Å². The largest absolute Gasteiger partial charge is 0.480 e. The van der Waals surface area contributed by atoms with Crippen molar-refractivity contribution in [3.63, 3.8) is 0 Å². The maximum Gasteiger partial charge on any atom is 0.317 e. The fraction of sp³-hybridized carbons (Fsp3) is 0.600. The van der Waals surface area contributed by atoms with Crippen LogP contribution < -0.4 is 17.0 Å². The van der Waals surface area contributed by atoms with E-state index in [1.54, 1.807) is 0 Å². The van der Waals surface area contributed by atoms with Crippen LogP contribution in [0.15, 0.2) is 0 Å². The molecule has 0 spiro atoms. The van der Waals surface area contributed by atoms with Gasteiger partial charge in [-0.25, -0.2) is 5.84 Å². The molecular formula is C15H28N6O10S. The fourth-order valence-electron chi connectivity index (χ4n) is 2.22. The number of carboxylic acid groups (broad SMARTS) is 5. The van der Waals surface area contributed by atoms with Crippen molar-refractivity contribution in [2.24, 2.45) is 11.6 Å². The normalized spacial score (nSPS) is 10.4.